The Hall–Kier alpha value is -2.22. The quantitative estimate of drug-likeness (QED) is 0.435. The van der Waals surface area contributed by atoms with E-state index in [9.17, 15) is 22.8 Å². The topological polar surface area (TPSA) is 79.6 Å². The number of carbonyl (C=O) groups excluding carboxylic acids is 2. The SMILES string of the molecule is CC(C)(C)[Si](C)(C)O[C@@H]1C[C@@]2(C)O[C@]1(C)[C@@H]1C(=O)N(c3ccc(C#N)c(C(F)(F)F)c3)C(=O)[C@@H]12. The zero-order chi connectivity index (χ0) is 25.6. The zero-order valence-corrected chi connectivity index (χ0v) is 21.3. The highest BCUT2D eigenvalue weighted by molar-refractivity contribution is 6.74. The Morgan fingerprint density at radius 3 is 2.26 bits per heavy atom. The third kappa shape index (κ3) is 3.35. The molecule has 0 unspecified atom stereocenters. The van der Waals surface area contributed by atoms with Crippen molar-refractivity contribution in [3.8, 4) is 6.07 Å². The molecule has 0 N–H and O–H groups in total. The van der Waals surface area contributed by atoms with Gasteiger partial charge in [0.05, 0.1) is 46.4 Å². The van der Waals surface area contributed by atoms with Gasteiger partial charge in [-0.3, -0.25) is 9.59 Å². The number of nitrogens with zero attached hydrogens (tertiary/aromatic N) is 2. The number of rotatable bonds is 3. The summed E-state index contributed by atoms with van der Waals surface area (Å²) in [5.41, 5.74) is -3.98. The summed E-state index contributed by atoms with van der Waals surface area (Å²) in [6.45, 7) is 14.1. The van der Waals surface area contributed by atoms with E-state index in [1.165, 1.54) is 12.1 Å². The monoisotopic (exact) mass is 494 g/mol. The van der Waals surface area contributed by atoms with Crippen LogP contribution in [-0.4, -0.2) is 37.4 Å². The standard InChI is InChI=1S/C24H29F3N2O4Si/c1-21(2,3)34(6,7)32-16-11-22(4)17-18(23(16,5)33-22)20(31)29(19(17)30)14-9-8-13(12-28)15(10-14)24(25,26)27/h8-10,16-18H,11H2,1-7H3/t16-,17-,18+,22-,23+/m1/s1. The van der Waals surface area contributed by atoms with Gasteiger partial charge in [0, 0.05) is 6.42 Å². The average Bonchev–Trinajstić information content (AvgIpc) is 3.20. The minimum absolute atomic E-state index is 0.0798. The molecule has 0 aliphatic carbocycles. The minimum Gasteiger partial charge on any atom is -0.411 e. The summed E-state index contributed by atoms with van der Waals surface area (Å²) in [5, 5.41) is 8.99. The maximum Gasteiger partial charge on any atom is 0.417 e. The maximum atomic E-state index is 13.6. The Morgan fingerprint density at radius 2 is 1.74 bits per heavy atom. The number of ether oxygens (including phenoxy) is 1. The van der Waals surface area contributed by atoms with Crippen molar-refractivity contribution in [3.05, 3.63) is 29.3 Å². The number of benzene rings is 1. The number of hydrogen-bond acceptors (Lipinski definition) is 5. The van der Waals surface area contributed by atoms with E-state index in [1.54, 1.807) is 13.8 Å². The number of amides is 2. The average molecular weight is 495 g/mol. The summed E-state index contributed by atoms with van der Waals surface area (Å²) in [7, 11) is -2.24. The molecule has 0 spiro atoms. The van der Waals surface area contributed by atoms with Gasteiger partial charge >= 0.3 is 6.18 Å². The molecule has 3 heterocycles. The lowest BCUT2D eigenvalue weighted by Gasteiger charge is -2.44. The molecule has 1 aromatic rings. The van der Waals surface area contributed by atoms with Gasteiger partial charge in [-0.25, -0.2) is 4.90 Å². The van der Waals surface area contributed by atoms with Crippen molar-refractivity contribution >= 4 is 25.8 Å². The Balaban J connectivity index is 1.73. The van der Waals surface area contributed by atoms with Crippen molar-refractivity contribution in [3.63, 3.8) is 0 Å². The van der Waals surface area contributed by atoms with Gasteiger partial charge in [0.15, 0.2) is 8.32 Å². The molecule has 10 heteroatoms. The van der Waals surface area contributed by atoms with Gasteiger partial charge in [-0.15, -0.1) is 0 Å². The van der Waals surface area contributed by atoms with E-state index < -0.39 is 66.6 Å². The summed E-state index contributed by atoms with van der Waals surface area (Å²) >= 11 is 0. The lowest BCUT2D eigenvalue weighted by Crippen LogP contribution is -2.55. The molecule has 3 aliphatic heterocycles. The molecular formula is C24H29F3N2O4Si. The minimum atomic E-state index is -4.80. The first-order valence-electron chi connectivity index (χ1n) is 11.2. The number of halogens is 3. The fourth-order valence-corrected chi connectivity index (χ4v) is 6.83. The van der Waals surface area contributed by atoms with E-state index in [0.717, 1.165) is 11.0 Å². The van der Waals surface area contributed by atoms with Crippen LogP contribution in [0, 0.1) is 23.2 Å². The summed E-state index contributed by atoms with van der Waals surface area (Å²) < 4.78 is 53.5. The van der Waals surface area contributed by atoms with Crippen molar-refractivity contribution in [1.29, 1.82) is 5.26 Å². The zero-order valence-electron chi connectivity index (χ0n) is 20.3. The van der Waals surface area contributed by atoms with Crippen LogP contribution in [0.25, 0.3) is 0 Å². The van der Waals surface area contributed by atoms with Crippen LogP contribution in [-0.2, 0) is 24.9 Å². The summed E-state index contributed by atoms with van der Waals surface area (Å²) in [6, 6.07) is 4.42. The van der Waals surface area contributed by atoms with Crippen molar-refractivity contribution in [2.75, 3.05) is 4.90 Å². The molecule has 4 rings (SSSR count). The predicted octanol–water partition coefficient (Wildman–Crippen LogP) is 5.02. The lowest BCUT2D eigenvalue weighted by atomic mass is 9.67. The maximum absolute atomic E-state index is 13.6. The molecule has 2 amide bonds. The molecule has 3 fully saturated rings. The third-order valence-electron chi connectivity index (χ3n) is 8.19. The molecular weight excluding hydrogens is 465 g/mol. The summed E-state index contributed by atoms with van der Waals surface area (Å²) in [6.07, 6.45) is -4.79. The molecule has 0 radical (unpaired) electrons. The Labute approximate surface area is 198 Å². The first-order chi connectivity index (χ1) is 15.4. The molecule has 6 nitrogen and oxygen atoms in total. The van der Waals surface area contributed by atoms with Crippen LogP contribution in [0.1, 0.15) is 52.2 Å². The number of anilines is 1. The fraction of sp³-hybridized carbons (Fsp3) is 0.625. The van der Waals surface area contributed by atoms with Gasteiger partial charge in [-0.2, -0.15) is 18.4 Å². The molecule has 0 saturated carbocycles. The van der Waals surface area contributed by atoms with E-state index in [0.29, 0.717) is 12.5 Å². The highest BCUT2D eigenvalue weighted by atomic mass is 28.4. The van der Waals surface area contributed by atoms with E-state index in [1.807, 2.05) is 0 Å². The smallest absolute Gasteiger partial charge is 0.411 e. The van der Waals surface area contributed by atoms with Gasteiger partial charge in [-0.05, 0) is 50.2 Å². The number of nitriles is 1. The molecule has 3 aliphatic rings. The van der Waals surface area contributed by atoms with Crippen molar-refractivity contribution in [2.24, 2.45) is 11.8 Å². The fourth-order valence-electron chi connectivity index (χ4n) is 5.45. The van der Waals surface area contributed by atoms with Crippen molar-refractivity contribution < 1.29 is 31.9 Å². The molecule has 3 saturated heterocycles. The Morgan fingerprint density at radius 1 is 1.15 bits per heavy atom. The second-order valence-electron chi connectivity index (χ2n) is 11.5. The molecule has 1 aromatic carbocycles. The van der Waals surface area contributed by atoms with Crippen LogP contribution >= 0.6 is 0 Å². The molecule has 34 heavy (non-hydrogen) atoms. The number of alkyl halides is 3. The van der Waals surface area contributed by atoms with E-state index in [4.69, 9.17) is 14.4 Å². The first-order valence-corrected chi connectivity index (χ1v) is 14.2. The van der Waals surface area contributed by atoms with Crippen LogP contribution in [0.4, 0.5) is 18.9 Å². The predicted molar refractivity (Wildman–Crippen MR) is 120 cm³/mol. The highest BCUT2D eigenvalue weighted by Crippen LogP contribution is 2.62. The second-order valence-corrected chi connectivity index (χ2v) is 16.2. The van der Waals surface area contributed by atoms with Crippen LogP contribution in [0.5, 0.6) is 0 Å². The molecule has 184 valence electrons. The van der Waals surface area contributed by atoms with E-state index in [2.05, 4.69) is 33.9 Å². The van der Waals surface area contributed by atoms with Gasteiger partial charge in [0.2, 0.25) is 11.8 Å². The van der Waals surface area contributed by atoms with E-state index in [-0.39, 0.29) is 10.7 Å². The van der Waals surface area contributed by atoms with Crippen LogP contribution in [0.2, 0.25) is 18.1 Å². The molecule has 5 atom stereocenters. The number of fused-ring (bicyclic) bond motifs is 5. The summed E-state index contributed by atoms with van der Waals surface area (Å²) in [5.74, 6) is -2.85. The second kappa shape index (κ2) is 7.15. The Kier molecular flexibility index (Phi) is 5.23. The molecule has 0 aromatic heterocycles. The van der Waals surface area contributed by atoms with Gasteiger partial charge < -0.3 is 9.16 Å². The molecule has 2 bridgehead atoms. The lowest BCUT2D eigenvalue weighted by molar-refractivity contribution is -0.138. The number of hydrogen-bond donors (Lipinski definition) is 0. The van der Waals surface area contributed by atoms with E-state index >= 15 is 0 Å². The van der Waals surface area contributed by atoms with Crippen molar-refractivity contribution in [2.45, 2.75) is 82.7 Å². The summed E-state index contributed by atoms with van der Waals surface area (Å²) in [4.78, 5) is 27.9. The Bertz CT molecular complexity index is 1120. The van der Waals surface area contributed by atoms with Crippen LogP contribution in [0.3, 0.4) is 0 Å². The first kappa shape index (κ1) is 24.9. The number of carbonyl (C=O) groups is 2. The highest BCUT2D eigenvalue weighted by Gasteiger charge is 2.76. The normalized spacial score (nSPS) is 33.4. The van der Waals surface area contributed by atoms with Crippen LogP contribution in [0.15, 0.2) is 18.2 Å². The largest absolute Gasteiger partial charge is 0.417 e. The number of imide groups is 1. The van der Waals surface area contributed by atoms with Gasteiger partial charge in [-0.1, -0.05) is 20.8 Å². The van der Waals surface area contributed by atoms with Gasteiger partial charge in [0.1, 0.15) is 5.60 Å². The third-order valence-corrected chi connectivity index (χ3v) is 12.7. The van der Waals surface area contributed by atoms with Crippen LogP contribution < -0.4 is 4.90 Å². The van der Waals surface area contributed by atoms with Gasteiger partial charge in [0.25, 0.3) is 0 Å². The van der Waals surface area contributed by atoms with Crippen molar-refractivity contribution in [1.82, 2.24) is 0 Å².